The minimum absolute atomic E-state index is 0.0740. The Labute approximate surface area is 118 Å². The normalized spacial score (nSPS) is 22.3. The molecule has 1 aromatic rings. The van der Waals surface area contributed by atoms with Crippen LogP contribution < -0.4 is 4.90 Å². The molecule has 1 spiro atoms. The van der Waals surface area contributed by atoms with Crippen LogP contribution in [-0.2, 0) is 9.59 Å². The number of phenolic OH excluding ortho intramolecular Hbond substituents is 1. The number of benzene rings is 1. The fraction of sp³-hybridized carbons (Fsp3) is 0.500. The summed E-state index contributed by atoms with van der Waals surface area (Å²) in [6.45, 7) is 0. The number of aromatic hydroxyl groups is 1. The second-order valence-corrected chi connectivity index (χ2v) is 5.93. The van der Waals surface area contributed by atoms with Crippen molar-refractivity contribution in [2.75, 3.05) is 4.90 Å². The van der Waals surface area contributed by atoms with Gasteiger partial charge in [0.2, 0.25) is 11.8 Å². The highest BCUT2D eigenvalue weighted by molar-refractivity contribution is 6.22. The Balaban J connectivity index is 1.94. The van der Waals surface area contributed by atoms with Gasteiger partial charge in [0.25, 0.3) is 0 Å². The van der Waals surface area contributed by atoms with Gasteiger partial charge in [-0.25, -0.2) is 4.90 Å². The van der Waals surface area contributed by atoms with Crippen LogP contribution in [0.5, 0.6) is 5.75 Å². The molecule has 0 aromatic heterocycles. The molecular formula is C16H19NO3. The molecular weight excluding hydrogens is 254 g/mol. The van der Waals surface area contributed by atoms with E-state index in [9.17, 15) is 14.7 Å². The maximum Gasteiger partial charge on any atom is 0.240 e. The number of anilines is 1. The Morgan fingerprint density at radius 2 is 1.75 bits per heavy atom. The van der Waals surface area contributed by atoms with Crippen molar-refractivity contribution in [2.24, 2.45) is 5.41 Å². The van der Waals surface area contributed by atoms with Gasteiger partial charge >= 0.3 is 0 Å². The molecule has 1 heterocycles. The number of amides is 2. The van der Waals surface area contributed by atoms with E-state index in [1.54, 1.807) is 12.1 Å². The molecule has 0 bridgehead atoms. The third-order valence-corrected chi connectivity index (χ3v) is 4.54. The average molecular weight is 273 g/mol. The van der Waals surface area contributed by atoms with Crippen molar-refractivity contribution >= 4 is 17.5 Å². The van der Waals surface area contributed by atoms with Gasteiger partial charge < -0.3 is 5.11 Å². The molecule has 1 saturated carbocycles. The molecule has 20 heavy (non-hydrogen) atoms. The van der Waals surface area contributed by atoms with Crippen LogP contribution in [-0.4, -0.2) is 16.9 Å². The monoisotopic (exact) mass is 273 g/mol. The zero-order valence-electron chi connectivity index (χ0n) is 11.5. The maximum atomic E-state index is 12.8. The lowest BCUT2D eigenvalue weighted by atomic mass is 9.79. The Kier molecular flexibility index (Phi) is 3.24. The first-order valence-electron chi connectivity index (χ1n) is 7.29. The van der Waals surface area contributed by atoms with Crippen molar-refractivity contribution < 1.29 is 14.7 Å². The van der Waals surface area contributed by atoms with E-state index in [-0.39, 0.29) is 17.6 Å². The molecule has 0 atom stereocenters. The molecule has 2 amide bonds. The number of imide groups is 1. The van der Waals surface area contributed by atoms with Gasteiger partial charge in [-0.3, -0.25) is 9.59 Å². The standard InChI is InChI=1S/C16H19NO3/c18-13-7-5-6-12(10-13)17-14(19)11-16(15(17)20)8-3-1-2-4-9-16/h5-7,10,18H,1-4,8-9,11H2. The third kappa shape index (κ3) is 2.09. The van der Waals surface area contributed by atoms with Crippen LogP contribution in [0.3, 0.4) is 0 Å². The van der Waals surface area contributed by atoms with Crippen LogP contribution in [0.1, 0.15) is 44.9 Å². The molecule has 1 N–H and O–H groups in total. The lowest BCUT2D eigenvalue weighted by Gasteiger charge is -2.25. The molecule has 0 radical (unpaired) electrons. The molecule has 4 heteroatoms. The minimum atomic E-state index is -0.487. The maximum absolute atomic E-state index is 12.8. The van der Waals surface area contributed by atoms with Gasteiger partial charge in [-0.1, -0.05) is 31.7 Å². The van der Waals surface area contributed by atoms with Crippen LogP contribution in [0.2, 0.25) is 0 Å². The third-order valence-electron chi connectivity index (χ3n) is 4.54. The Hall–Kier alpha value is -1.84. The molecule has 0 unspecified atom stereocenters. The lowest BCUT2D eigenvalue weighted by Crippen LogP contribution is -2.35. The van der Waals surface area contributed by atoms with Crippen molar-refractivity contribution in [2.45, 2.75) is 44.9 Å². The number of carbonyl (C=O) groups excluding carboxylic acids is 2. The van der Waals surface area contributed by atoms with Crippen LogP contribution in [0.15, 0.2) is 24.3 Å². The van der Waals surface area contributed by atoms with E-state index in [1.807, 2.05) is 0 Å². The Morgan fingerprint density at radius 1 is 1.05 bits per heavy atom. The number of hydrogen-bond acceptors (Lipinski definition) is 3. The van der Waals surface area contributed by atoms with Crippen LogP contribution in [0.4, 0.5) is 5.69 Å². The first kappa shape index (κ1) is 13.2. The zero-order valence-corrected chi connectivity index (χ0v) is 11.5. The summed E-state index contributed by atoms with van der Waals surface area (Å²) < 4.78 is 0. The number of rotatable bonds is 1. The van der Waals surface area contributed by atoms with Crippen LogP contribution in [0.25, 0.3) is 0 Å². The predicted octanol–water partition coefficient (Wildman–Crippen LogP) is 3.00. The van der Waals surface area contributed by atoms with Crippen LogP contribution in [0, 0.1) is 5.41 Å². The van der Waals surface area contributed by atoms with Gasteiger partial charge in [0, 0.05) is 12.5 Å². The number of hydrogen-bond donors (Lipinski definition) is 1. The molecule has 2 fully saturated rings. The van der Waals surface area contributed by atoms with Gasteiger partial charge in [0.15, 0.2) is 0 Å². The van der Waals surface area contributed by atoms with Gasteiger partial charge in [-0.15, -0.1) is 0 Å². The first-order chi connectivity index (χ1) is 9.62. The number of carbonyl (C=O) groups is 2. The number of phenols is 1. The second kappa shape index (κ2) is 4.93. The Bertz CT molecular complexity index is 544. The highest BCUT2D eigenvalue weighted by Gasteiger charge is 2.51. The van der Waals surface area contributed by atoms with Crippen LogP contribution >= 0.6 is 0 Å². The van der Waals surface area contributed by atoms with Gasteiger partial charge in [0.1, 0.15) is 5.75 Å². The molecule has 1 aliphatic heterocycles. The van der Waals surface area contributed by atoms with E-state index in [0.29, 0.717) is 12.1 Å². The van der Waals surface area contributed by atoms with Crippen molar-refractivity contribution in [3.05, 3.63) is 24.3 Å². The summed E-state index contributed by atoms with van der Waals surface area (Å²) in [5.74, 6) is -0.137. The Morgan fingerprint density at radius 3 is 2.40 bits per heavy atom. The fourth-order valence-electron chi connectivity index (χ4n) is 3.48. The van der Waals surface area contributed by atoms with E-state index in [2.05, 4.69) is 0 Å². The second-order valence-electron chi connectivity index (χ2n) is 5.93. The molecule has 1 saturated heterocycles. The fourth-order valence-corrected chi connectivity index (χ4v) is 3.48. The minimum Gasteiger partial charge on any atom is -0.508 e. The zero-order chi connectivity index (χ0) is 14.2. The number of nitrogens with zero attached hydrogens (tertiary/aromatic N) is 1. The first-order valence-corrected chi connectivity index (χ1v) is 7.29. The van der Waals surface area contributed by atoms with Crippen molar-refractivity contribution in [1.82, 2.24) is 0 Å². The average Bonchev–Trinajstić information content (AvgIpc) is 2.58. The van der Waals surface area contributed by atoms with E-state index in [1.165, 1.54) is 17.0 Å². The molecule has 106 valence electrons. The summed E-state index contributed by atoms with van der Waals surface area (Å²) in [5, 5.41) is 9.54. The van der Waals surface area contributed by atoms with E-state index >= 15 is 0 Å². The predicted molar refractivity (Wildman–Crippen MR) is 75.4 cm³/mol. The van der Waals surface area contributed by atoms with Gasteiger partial charge in [0.05, 0.1) is 11.1 Å². The highest BCUT2D eigenvalue weighted by atomic mass is 16.3. The quantitative estimate of drug-likeness (QED) is 0.800. The smallest absolute Gasteiger partial charge is 0.240 e. The summed E-state index contributed by atoms with van der Waals surface area (Å²) in [6.07, 6.45) is 6.28. The van der Waals surface area contributed by atoms with Gasteiger partial charge in [-0.2, -0.15) is 0 Å². The molecule has 3 rings (SSSR count). The topological polar surface area (TPSA) is 57.6 Å². The highest BCUT2D eigenvalue weighted by Crippen LogP contribution is 2.45. The van der Waals surface area contributed by atoms with Crippen molar-refractivity contribution in [1.29, 1.82) is 0 Å². The summed E-state index contributed by atoms with van der Waals surface area (Å²) in [7, 11) is 0. The lowest BCUT2D eigenvalue weighted by molar-refractivity contribution is -0.126. The SMILES string of the molecule is O=C1CC2(CCCCCC2)C(=O)N1c1cccc(O)c1. The summed E-state index contributed by atoms with van der Waals surface area (Å²) in [6, 6.07) is 6.37. The van der Waals surface area contributed by atoms with E-state index in [4.69, 9.17) is 0 Å². The molecule has 1 aromatic carbocycles. The van der Waals surface area contributed by atoms with Crippen molar-refractivity contribution in [3.63, 3.8) is 0 Å². The summed E-state index contributed by atoms with van der Waals surface area (Å²) >= 11 is 0. The molecule has 1 aliphatic carbocycles. The molecule has 2 aliphatic rings. The van der Waals surface area contributed by atoms with E-state index < -0.39 is 5.41 Å². The summed E-state index contributed by atoms with van der Waals surface area (Å²) in [5.41, 5.74) is 0.0000902. The molecule has 4 nitrogen and oxygen atoms in total. The largest absolute Gasteiger partial charge is 0.508 e. The summed E-state index contributed by atoms with van der Waals surface area (Å²) in [4.78, 5) is 26.4. The van der Waals surface area contributed by atoms with Crippen molar-refractivity contribution in [3.8, 4) is 5.75 Å². The van der Waals surface area contributed by atoms with Gasteiger partial charge in [-0.05, 0) is 25.0 Å². The van der Waals surface area contributed by atoms with E-state index in [0.717, 1.165) is 38.5 Å².